The van der Waals surface area contributed by atoms with Gasteiger partial charge in [-0.3, -0.25) is 24.6 Å². The molecule has 8 heteroatoms. The number of carbonyl (C=O) groups excluding carboxylic acids is 3. The molecule has 7 nitrogen and oxygen atoms in total. The Morgan fingerprint density at radius 1 is 1.00 bits per heavy atom. The van der Waals surface area contributed by atoms with Crippen molar-refractivity contribution >= 4 is 52.5 Å². The molecular formula is C27H23N3O4S. The van der Waals surface area contributed by atoms with Gasteiger partial charge in [-0.15, -0.1) is 0 Å². The summed E-state index contributed by atoms with van der Waals surface area (Å²) in [6.07, 6.45) is 2.37. The molecule has 0 bridgehead atoms. The van der Waals surface area contributed by atoms with Gasteiger partial charge in [-0.25, -0.2) is 0 Å². The van der Waals surface area contributed by atoms with E-state index < -0.39 is 11.8 Å². The molecule has 4 rings (SSSR count). The minimum Gasteiger partial charge on any atom is -0.484 e. The van der Waals surface area contributed by atoms with Gasteiger partial charge in [0.15, 0.2) is 11.7 Å². The molecule has 0 saturated carbocycles. The van der Waals surface area contributed by atoms with Crippen LogP contribution in [0.3, 0.4) is 0 Å². The van der Waals surface area contributed by atoms with Crippen LogP contribution in [-0.2, 0) is 20.8 Å². The zero-order chi connectivity index (χ0) is 24.8. The molecule has 1 fully saturated rings. The van der Waals surface area contributed by atoms with Crippen molar-refractivity contribution in [3.05, 3.63) is 95.6 Å². The first kappa shape index (κ1) is 23.8. The third-order valence-electron chi connectivity index (χ3n) is 5.32. The highest BCUT2D eigenvalue weighted by molar-refractivity contribution is 7.80. The monoisotopic (exact) mass is 485 g/mol. The second-order valence-corrected chi connectivity index (χ2v) is 8.14. The average Bonchev–Trinajstić information content (AvgIpc) is 2.87. The van der Waals surface area contributed by atoms with Crippen LogP contribution in [0, 0.1) is 0 Å². The van der Waals surface area contributed by atoms with Gasteiger partial charge in [0, 0.05) is 5.69 Å². The molecule has 3 aromatic rings. The number of nitrogens with one attached hydrogen (secondary N) is 2. The Hall–Kier alpha value is -4.30. The zero-order valence-electron chi connectivity index (χ0n) is 19.0. The summed E-state index contributed by atoms with van der Waals surface area (Å²) < 4.78 is 5.53. The SMILES string of the molecule is CCc1ccc(N2C(=O)C(=Cc3ccc(OCC(=O)Nc4ccccc4)cc3)C(=O)NC2=S)cc1. The average molecular weight is 486 g/mol. The Morgan fingerprint density at radius 3 is 2.34 bits per heavy atom. The number of thiocarbonyl (C=S) groups is 1. The lowest BCUT2D eigenvalue weighted by Gasteiger charge is -2.29. The van der Waals surface area contributed by atoms with E-state index in [-0.39, 0.29) is 23.2 Å². The molecule has 1 aliphatic rings. The van der Waals surface area contributed by atoms with E-state index in [9.17, 15) is 14.4 Å². The first-order valence-corrected chi connectivity index (χ1v) is 11.4. The van der Waals surface area contributed by atoms with Crippen LogP contribution >= 0.6 is 12.2 Å². The zero-order valence-corrected chi connectivity index (χ0v) is 19.8. The van der Waals surface area contributed by atoms with Crippen LogP contribution in [0.4, 0.5) is 11.4 Å². The fourth-order valence-corrected chi connectivity index (χ4v) is 3.75. The molecule has 3 aromatic carbocycles. The molecular weight excluding hydrogens is 462 g/mol. The van der Waals surface area contributed by atoms with Gasteiger partial charge >= 0.3 is 0 Å². The van der Waals surface area contributed by atoms with Crippen molar-refractivity contribution in [3.63, 3.8) is 0 Å². The van der Waals surface area contributed by atoms with Gasteiger partial charge in [-0.05, 0) is 72.2 Å². The highest BCUT2D eigenvalue weighted by atomic mass is 32.1. The van der Waals surface area contributed by atoms with E-state index in [1.54, 1.807) is 48.5 Å². The Morgan fingerprint density at radius 2 is 1.69 bits per heavy atom. The molecule has 0 spiro atoms. The van der Waals surface area contributed by atoms with Crippen LogP contribution in [-0.4, -0.2) is 29.4 Å². The largest absolute Gasteiger partial charge is 0.484 e. The molecule has 0 unspecified atom stereocenters. The minimum absolute atomic E-state index is 0.0333. The van der Waals surface area contributed by atoms with Crippen LogP contribution in [0.1, 0.15) is 18.1 Å². The van der Waals surface area contributed by atoms with E-state index in [1.807, 2.05) is 37.3 Å². The molecule has 1 heterocycles. The molecule has 1 aliphatic heterocycles. The molecule has 176 valence electrons. The Kier molecular flexibility index (Phi) is 7.32. The van der Waals surface area contributed by atoms with Crippen LogP contribution in [0.2, 0.25) is 0 Å². The van der Waals surface area contributed by atoms with Gasteiger partial charge < -0.3 is 10.1 Å². The van der Waals surface area contributed by atoms with E-state index >= 15 is 0 Å². The van der Waals surface area contributed by atoms with E-state index in [4.69, 9.17) is 17.0 Å². The maximum absolute atomic E-state index is 13.1. The van der Waals surface area contributed by atoms with E-state index in [0.29, 0.717) is 22.7 Å². The molecule has 0 atom stereocenters. The van der Waals surface area contributed by atoms with Crippen molar-refractivity contribution in [1.29, 1.82) is 0 Å². The number of ether oxygens (including phenoxy) is 1. The van der Waals surface area contributed by atoms with Crippen LogP contribution in [0.15, 0.2) is 84.4 Å². The number of carbonyl (C=O) groups is 3. The molecule has 0 aromatic heterocycles. The van der Waals surface area contributed by atoms with E-state index in [1.165, 1.54) is 11.0 Å². The maximum atomic E-state index is 13.1. The van der Waals surface area contributed by atoms with Gasteiger partial charge in [-0.2, -0.15) is 0 Å². The summed E-state index contributed by atoms with van der Waals surface area (Å²) in [4.78, 5) is 39.0. The quantitative estimate of drug-likeness (QED) is 0.299. The lowest BCUT2D eigenvalue weighted by molar-refractivity contribution is -0.122. The fourth-order valence-electron chi connectivity index (χ4n) is 3.47. The van der Waals surface area contributed by atoms with Crippen molar-refractivity contribution in [2.24, 2.45) is 0 Å². The number of benzene rings is 3. The van der Waals surface area contributed by atoms with E-state index in [0.717, 1.165) is 12.0 Å². The van der Waals surface area contributed by atoms with Gasteiger partial charge in [0.1, 0.15) is 11.3 Å². The first-order valence-electron chi connectivity index (χ1n) is 11.0. The molecule has 3 amide bonds. The van der Waals surface area contributed by atoms with Crippen LogP contribution in [0.5, 0.6) is 5.75 Å². The smallest absolute Gasteiger partial charge is 0.270 e. The summed E-state index contributed by atoms with van der Waals surface area (Å²) in [5.74, 6) is -0.858. The van der Waals surface area contributed by atoms with Gasteiger partial charge in [-0.1, -0.05) is 49.4 Å². The van der Waals surface area contributed by atoms with Gasteiger partial charge in [0.2, 0.25) is 0 Å². The fraction of sp³-hybridized carbons (Fsp3) is 0.111. The summed E-state index contributed by atoms with van der Waals surface area (Å²) in [6, 6.07) is 23.3. The van der Waals surface area contributed by atoms with Crippen molar-refractivity contribution in [3.8, 4) is 5.75 Å². The van der Waals surface area contributed by atoms with Crippen molar-refractivity contribution in [1.82, 2.24) is 5.32 Å². The predicted molar refractivity (Wildman–Crippen MR) is 139 cm³/mol. The third kappa shape index (κ3) is 5.80. The van der Waals surface area contributed by atoms with Crippen molar-refractivity contribution in [2.75, 3.05) is 16.8 Å². The number of para-hydroxylation sites is 1. The minimum atomic E-state index is -0.556. The Balaban J connectivity index is 1.44. The lowest BCUT2D eigenvalue weighted by atomic mass is 10.1. The number of anilines is 2. The molecule has 0 radical (unpaired) electrons. The normalized spacial score (nSPS) is 14.6. The van der Waals surface area contributed by atoms with E-state index in [2.05, 4.69) is 10.6 Å². The first-order chi connectivity index (χ1) is 16.9. The van der Waals surface area contributed by atoms with Crippen molar-refractivity contribution in [2.45, 2.75) is 13.3 Å². The second-order valence-electron chi connectivity index (χ2n) is 7.75. The van der Waals surface area contributed by atoms with Gasteiger partial charge in [0.25, 0.3) is 17.7 Å². The standard InChI is InChI=1S/C27H23N3O4S/c1-2-18-8-12-21(13-9-18)30-26(33)23(25(32)29-27(30)35)16-19-10-14-22(15-11-19)34-17-24(31)28-20-6-4-3-5-7-20/h3-16H,2,17H2,1H3,(H,28,31)(H,29,32,35). The lowest BCUT2D eigenvalue weighted by Crippen LogP contribution is -2.54. The summed E-state index contributed by atoms with van der Waals surface area (Å²) in [6.45, 7) is 1.89. The highest BCUT2D eigenvalue weighted by Crippen LogP contribution is 2.23. The Labute approximate surface area is 208 Å². The Bertz CT molecular complexity index is 1290. The summed E-state index contributed by atoms with van der Waals surface area (Å²) in [7, 11) is 0. The second kappa shape index (κ2) is 10.8. The number of amides is 3. The number of hydrogen-bond acceptors (Lipinski definition) is 5. The van der Waals surface area contributed by atoms with Gasteiger partial charge in [0.05, 0.1) is 5.69 Å². The highest BCUT2D eigenvalue weighted by Gasteiger charge is 2.34. The molecule has 1 saturated heterocycles. The van der Waals surface area contributed by atoms with Crippen molar-refractivity contribution < 1.29 is 19.1 Å². The summed E-state index contributed by atoms with van der Waals surface area (Å²) in [5, 5.41) is 5.37. The maximum Gasteiger partial charge on any atom is 0.270 e. The third-order valence-corrected chi connectivity index (χ3v) is 5.61. The van der Waals surface area contributed by atoms with Crippen LogP contribution < -0.4 is 20.3 Å². The predicted octanol–water partition coefficient (Wildman–Crippen LogP) is 4.10. The number of hydrogen-bond donors (Lipinski definition) is 2. The molecule has 35 heavy (non-hydrogen) atoms. The summed E-state index contributed by atoms with van der Waals surface area (Å²) in [5.41, 5.74) is 2.99. The van der Waals surface area contributed by atoms with Crippen LogP contribution in [0.25, 0.3) is 6.08 Å². The number of aryl methyl sites for hydroxylation is 1. The number of rotatable bonds is 7. The molecule has 0 aliphatic carbocycles. The number of nitrogens with zero attached hydrogens (tertiary/aromatic N) is 1. The molecule has 2 N–H and O–H groups in total. The summed E-state index contributed by atoms with van der Waals surface area (Å²) >= 11 is 5.25. The topological polar surface area (TPSA) is 87.7 Å².